The third-order valence-corrected chi connectivity index (χ3v) is 3.56. The molecule has 6 nitrogen and oxygen atoms in total. The van der Waals surface area contributed by atoms with Gasteiger partial charge in [0.25, 0.3) is 0 Å². The van der Waals surface area contributed by atoms with Crippen molar-refractivity contribution in [3.05, 3.63) is 60.2 Å². The first-order valence-electron chi connectivity index (χ1n) is 6.49. The van der Waals surface area contributed by atoms with Crippen LogP contribution in [0.2, 0.25) is 0 Å². The van der Waals surface area contributed by atoms with Crippen LogP contribution in [0.1, 0.15) is 11.4 Å². The molecule has 0 saturated heterocycles. The Hall–Kier alpha value is -0.830. The van der Waals surface area contributed by atoms with Gasteiger partial charge in [-0.3, -0.25) is 14.9 Å². The fourth-order valence-corrected chi connectivity index (χ4v) is 2.38. The van der Waals surface area contributed by atoms with Crippen molar-refractivity contribution >= 4 is 10.1 Å². The van der Waals surface area contributed by atoms with E-state index in [1.807, 2.05) is 41.3 Å². The summed E-state index contributed by atoms with van der Waals surface area (Å²) in [7, 11) is -4.24. The predicted octanol–water partition coefficient (Wildman–Crippen LogP) is -1.97. The largest absolute Gasteiger partial charge is 1.00 e. The van der Waals surface area contributed by atoms with Crippen molar-refractivity contribution in [2.24, 2.45) is 0 Å². The SMILES string of the molecule is O=S(=O)([O-])CCN(Cc1ccccn1)Cc1ccccn1.[Na+]. The molecule has 0 aliphatic heterocycles. The number of rotatable bonds is 7. The molecule has 0 aliphatic carbocycles. The molecule has 0 radical (unpaired) electrons. The molecule has 0 aliphatic rings. The monoisotopic (exact) mass is 329 g/mol. The molecule has 0 atom stereocenters. The molecule has 0 spiro atoms. The zero-order valence-electron chi connectivity index (χ0n) is 12.4. The van der Waals surface area contributed by atoms with E-state index in [0.717, 1.165) is 11.4 Å². The van der Waals surface area contributed by atoms with Crippen molar-refractivity contribution < 1.29 is 42.5 Å². The van der Waals surface area contributed by atoms with Gasteiger partial charge in [0.1, 0.15) is 0 Å². The van der Waals surface area contributed by atoms with E-state index in [9.17, 15) is 13.0 Å². The van der Waals surface area contributed by atoms with E-state index in [1.165, 1.54) is 0 Å². The topological polar surface area (TPSA) is 86.2 Å². The van der Waals surface area contributed by atoms with E-state index in [0.29, 0.717) is 13.1 Å². The Kier molecular flexibility index (Phi) is 8.16. The van der Waals surface area contributed by atoms with E-state index in [2.05, 4.69) is 9.97 Å². The van der Waals surface area contributed by atoms with Gasteiger partial charge in [-0.1, -0.05) is 12.1 Å². The van der Waals surface area contributed by atoms with Gasteiger partial charge in [0.2, 0.25) is 0 Å². The van der Waals surface area contributed by atoms with Gasteiger partial charge < -0.3 is 4.55 Å². The van der Waals surface area contributed by atoms with Crippen LogP contribution in [0, 0.1) is 0 Å². The van der Waals surface area contributed by atoms with E-state index < -0.39 is 15.9 Å². The molecule has 2 aromatic heterocycles. The molecule has 0 bridgehead atoms. The maximum atomic E-state index is 10.8. The molecule has 0 unspecified atom stereocenters. The Bertz CT molecular complexity index is 612. The number of aromatic nitrogens is 2. The van der Waals surface area contributed by atoms with Crippen LogP contribution in [0.3, 0.4) is 0 Å². The van der Waals surface area contributed by atoms with Gasteiger partial charge in [0.15, 0.2) is 0 Å². The molecule has 0 N–H and O–H groups in total. The second-order valence-corrected chi connectivity index (χ2v) is 6.14. The van der Waals surface area contributed by atoms with Crippen LogP contribution in [-0.2, 0) is 23.2 Å². The molecule has 22 heavy (non-hydrogen) atoms. The zero-order valence-corrected chi connectivity index (χ0v) is 15.2. The van der Waals surface area contributed by atoms with Crippen LogP contribution in [0.15, 0.2) is 48.8 Å². The van der Waals surface area contributed by atoms with Gasteiger partial charge in [0.05, 0.1) is 27.3 Å². The first kappa shape index (κ1) is 19.2. The number of hydrogen-bond acceptors (Lipinski definition) is 6. The second kappa shape index (κ2) is 9.34. The molecule has 2 aromatic rings. The van der Waals surface area contributed by atoms with Gasteiger partial charge in [-0.2, -0.15) is 0 Å². The van der Waals surface area contributed by atoms with E-state index >= 15 is 0 Å². The fourth-order valence-electron chi connectivity index (χ4n) is 1.90. The minimum Gasteiger partial charge on any atom is -0.748 e. The summed E-state index contributed by atoms with van der Waals surface area (Å²) in [6.07, 6.45) is 3.36. The zero-order chi connectivity index (χ0) is 15.1. The molecule has 2 heterocycles. The first-order valence-corrected chi connectivity index (χ1v) is 8.06. The Labute approximate surface area is 152 Å². The van der Waals surface area contributed by atoms with Crippen molar-refractivity contribution in [2.45, 2.75) is 13.1 Å². The smallest absolute Gasteiger partial charge is 0.748 e. The molecule has 112 valence electrons. The third-order valence-electron chi connectivity index (χ3n) is 2.88. The number of hydrogen-bond donors (Lipinski definition) is 0. The second-order valence-electron chi connectivity index (χ2n) is 4.61. The molecule has 0 amide bonds. The Morgan fingerprint density at radius 3 is 1.82 bits per heavy atom. The van der Waals surface area contributed by atoms with E-state index in [1.54, 1.807) is 12.4 Å². The number of nitrogens with zero attached hydrogens (tertiary/aromatic N) is 3. The van der Waals surface area contributed by atoms with Crippen LogP contribution >= 0.6 is 0 Å². The maximum absolute atomic E-state index is 10.8. The van der Waals surface area contributed by atoms with Crippen molar-refractivity contribution in [2.75, 3.05) is 12.3 Å². The molecule has 0 fully saturated rings. The summed E-state index contributed by atoms with van der Waals surface area (Å²) in [6, 6.07) is 11.1. The minimum absolute atomic E-state index is 0. The van der Waals surface area contributed by atoms with E-state index in [-0.39, 0.29) is 36.1 Å². The van der Waals surface area contributed by atoms with Crippen LogP contribution in [0.25, 0.3) is 0 Å². The van der Waals surface area contributed by atoms with Crippen LogP contribution in [0.5, 0.6) is 0 Å². The van der Waals surface area contributed by atoms with Gasteiger partial charge in [0, 0.05) is 32.0 Å². The van der Waals surface area contributed by atoms with E-state index in [4.69, 9.17) is 0 Å². The van der Waals surface area contributed by atoms with Crippen LogP contribution in [-0.4, -0.2) is 40.1 Å². The Morgan fingerprint density at radius 1 is 0.955 bits per heavy atom. The summed E-state index contributed by atoms with van der Waals surface area (Å²) < 4.78 is 32.5. The minimum atomic E-state index is -4.24. The number of pyridine rings is 2. The summed E-state index contributed by atoms with van der Waals surface area (Å²) in [5.41, 5.74) is 1.63. The average molecular weight is 329 g/mol. The van der Waals surface area contributed by atoms with Crippen molar-refractivity contribution in [3.63, 3.8) is 0 Å². The third kappa shape index (κ3) is 7.44. The van der Waals surface area contributed by atoms with Crippen molar-refractivity contribution in [1.29, 1.82) is 0 Å². The normalized spacial score (nSPS) is 11.2. The molecule has 0 saturated carbocycles. The molecular weight excluding hydrogens is 313 g/mol. The van der Waals surface area contributed by atoms with Crippen molar-refractivity contribution in [1.82, 2.24) is 14.9 Å². The molecular formula is C14H16N3NaO3S. The van der Waals surface area contributed by atoms with Gasteiger partial charge >= 0.3 is 29.6 Å². The Morgan fingerprint density at radius 2 is 1.45 bits per heavy atom. The predicted molar refractivity (Wildman–Crippen MR) is 77.2 cm³/mol. The molecule has 2 rings (SSSR count). The maximum Gasteiger partial charge on any atom is 1.00 e. The van der Waals surface area contributed by atoms with Gasteiger partial charge in [-0.15, -0.1) is 0 Å². The molecule has 8 heteroatoms. The summed E-state index contributed by atoms with van der Waals surface area (Å²) in [4.78, 5) is 10.3. The Balaban J connectivity index is 0.00000242. The average Bonchev–Trinajstić information content (AvgIpc) is 2.46. The summed E-state index contributed by atoms with van der Waals surface area (Å²) in [5.74, 6) is -0.424. The van der Waals surface area contributed by atoms with Crippen LogP contribution in [0.4, 0.5) is 0 Å². The standard InChI is InChI=1S/C14H17N3O3S.Na/c18-21(19,20)10-9-17(11-13-5-1-3-7-15-13)12-14-6-2-4-8-16-14;/h1-8H,9-12H2,(H,18,19,20);/q;+1/p-1. The van der Waals surface area contributed by atoms with Gasteiger partial charge in [-0.05, 0) is 24.3 Å². The quantitative estimate of drug-likeness (QED) is 0.433. The molecule has 0 aromatic carbocycles. The summed E-state index contributed by atoms with van der Waals surface area (Å²) in [6.45, 7) is 1.08. The fraction of sp³-hybridized carbons (Fsp3) is 0.286. The summed E-state index contributed by atoms with van der Waals surface area (Å²) >= 11 is 0. The summed E-state index contributed by atoms with van der Waals surface area (Å²) in [5, 5.41) is 0. The first-order chi connectivity index (χ1) is 10.0. The van der Waals surface area contributed by atoms with Crippen LogP contribution < -0.4 is 29.6 Å². The van der Waals surface area contributed by atoms with Crippen molar-refractivity contribution in [3.8, 4) is 0 Å². The van der Waals surface area contributed by atoms with Gasteiger partial charge in [-0.25, -0.2) is 8.42 Å².